The zero-order valence-corrected chi connectivity index (χ0v) is 13.4. The molecule has 0 radical (unpaired) electrons. The maximum Gasteiger partial charge on any atom is 0.245 e. The molecule has 0 atom stereocenters. The number of benzene rings is 1. The number of nitrogens with two attached hydrogens (primary N) is 1. The van der Waals surface area contributed by atoms with Crippen molar-refractivity contribution < 1.29 is 12.8 Å². The van der Waals surface area contributed by atoms with Gasteiger partial charge in [0.25, 0.3) is 0 Å². The monoisotopic (exact) mass is 314 g/mol. The summed E-state index contributed by atoms with van der Waals surface area (Å²) in [5, 5.41) is 0. The van der Waals surface area contributed by atoms with Crippen LogP contribution in [0.15, 0.2) is 17.0 Å². The second-order valence-electron chi connectivity index (χ2n) is 5.93. The van der Waals surface area contributed by atoms with Crippen LogP contribution in [-0.4, -0.2) is 26.3 Å². The fourth-order valence-electron chi connectivity index (χ4n) is 2.87. The minimum absolute atomic E-state index is 0.293. The van der Waals surface area contributed by atoms with E-state index in [1.807, 2.05) is 0 Å². The number of halogens is 1. The molecule has 2 rings (SSSR count). The van der Waals surface area contributed by atoms with E-state index in [0.29, 0.717) is 23.7 Å². The first-order chi connectivity index (χ1) is 9.82. The zero-order valence-electron chi connectivity index (χ0n) is 12.6. The van der Waals surface area contributed by atoms with Gasteiger partial charge in [0.2, 0.25) is 10.0 Å². The standard InChI is InChI=1S/C15H23FN2O2S/c1-11-8-13(16)15(9-14(11)17)21(19,20)18(2)10-12-6-4-3-5-7-12/h8-9,12H,3-7,10,17H2,1-2H3. The predicted octanol–water partition coefficient (Wildman–Crippen LogP) is 2.92. The van der Waals surface area contributed by atoms with E-state index >= 15 is 0 Å². The van der Waals surface area contributed by atoms with E-state index in [4.69, 9.17) is 5.73 Å². The van der Waals surface area contributed by atoms with Gasteiger partial charge in [-0.1, -0.05) is 19.3 Å². The maximum absolute atomic E-state index is 14.0. The highest BCUT2D eigenvalue weighted by Crippen LogP contribution is 2.28. The van der Waals surface area contributed by atoms with Crippen LogP contribution in [-0.2, 0) is 10.0 Å². The SMILES string of the molecule is Cc1cc(F)c(S(=O)(=O)N(C)CC2CCCCC2)cc1N. The number of nitrogen functional groups attached to an aromatic ring is 1. The Labute approximate surface area is 126 Å². The largest absolute Gasteiger partial charge is 0.398 e. The van der Waals surface area contributed by atoms with E-state index in [1.165, 1.54) is 29.9 Å². The summed E-state index contributed by atoms with van der Waals surface area (Å²) in [6.07, 6.45) is 5.58. The maximum atomic E-state index is 14.0. The van der Waals surface area contributed by atoms with Crippen molar-refractivity contribution in [3.8, 4) is 0 Å². The smallest absolute Gasteiger partial charge is 0.245 e. The number of sulfonamides is 1. The summed E-state index contributed by atoms with van der Waals surface area (Å²) in [5.41, 5.74) is 6.56. The van der Waals surface area contributed by atoms with Crippen molar-refractivity contribution in [3.05, 3.63) is 23.5 Å². The molecule has 6 heteroatoms. The number of hydrogen-bond acceptors (Lipinski definition) is 3. The lowest BCUT2D eigenvalue weighted by Crippen LogP contribution is -2.33. The van der Waals surface area contributed by atoms with Crippen LogP contribution < -0.4 is 5.73 Å². The molecular formula is C15H23FN2O2S. The van der Waals surface area contributed by atoms with Gasteiger partial charge in [-0.05, 0) is 43.4 Å². The van der Waals surface area contributed by atoms with Crippen molar-refractivity contribution in [2.24, 2.45) is 5.92 Å². The molecule has 1 fully saturated rings. The Morgan fingerprint density at radius 1 is 1.29 bits per heavy atom. The summed E-state index contributed by atoms with van der Waals surface area (Å²) >= 11 is 0. The second-order valence-corrected chi connectivity index (χ2v) is 7.94. The molecule has 0 bridgehead atoms. The number of hydrogen-bond donors (Lipinski definition) is 1. The zero-order chi connectivity index (χ0) is 15.6. The molecule has 2 N–H and O–H groups in total. The first-order valence-electron chi connectivity index (χ1n) is 7.34. The third-order valence-corrected chi connectivity index (χ3v) is 6.09. The van der Waals surface area contributed by atoms with Crippen LogP contribution in [0.1, 0.15) is 37.7 Å². The Morgan fingerprint density at radius 3 is 2.52 bits per heavy atom. The van der Waals surface area contributed by atoms with Gasteiger partial charge < -0.3 is 5.73 Å². The Morgan fingerprint density at radius 2 is 1.90 bits per heavy atom. The highest BCUT2D eigenvalue weighted by Gasteiger charge is 2.27. The molecular weight excluding hydrogens is 291 g/mol. The van der Waals surface area contributed by atoms with Crippen molar-refractivity contribution in [1.29, 1.82) is 0 Å². The summed E-state index contributed by atoms with van der Waals surface area (Å²) in [6, 6.07) is 2.40. The minimum Gasteiger partial charge on any atom is -0.398 e. The lowest BCUT2D eigenvalue weighted by atomic mass is 9.89. The highest BCUT2D eigenvalue weighted by molar-refractivity contribution is 7.89. The molecule has 0 aliphatic heterocycles. The summed E-state index contributed by atoms with van der Waals surface area (Å²) < 4.78 is 40.3. The van der Waals surface area contributed by atoms with Gasteiger partial charge in [0, 0.05) is 19.3 Å². The average molecular weight is 314 g/mol. The van der Waals surface area contributed by atoms with Gasteiger partial charge in [0.15, 0.2) is 0 Å². The Balaban J connectivity index is 2.22. The fourth-order valence-corrected chi connectivity index (χ4v) is 4.19. The van der Waals surface area contributed by atoms with E-state index < -0.39 is 15.8 Å². The lowest BCUT2D eigenvalue weighted by Gasteiger charge is -2.26. The fraction of sp³-hybridized carbons (Fsp3) is 0.600. The van der Waals surface area contributed by atoms with Crippen LogP contribution in [0.5, 0.6) is 0 Å². The van der Waals surface area contributed by atoms with Gasteiger partial charge in [-0.15, -0.1) is 0 Å². The van der Waals surface area contributed by atoms with Crippen LogP contribution in [0.4, 0.5) is 10.1 Å². The van der Waals surface area contributed by atoms with Crippen molar-refractivity contribution in [2.45, 2.75) is 43.9 Å². The Hall–Kier alpha value is -1.14. The summed E-state index contributed by atoms with van der Waals surface area (Å²) in [5.74, 6) is -0.374. The van der Waals surface area contributed by atoms with Gasteiger partial charge in [0.1, 0.15) is 10.7 Å². The van der Waals surface area contributed by atoms with Crippen molar-refractivity contribution in [3.63, 3.8) is 0 Å². The highest BCUT2D eigenvalue weighted by atomic mass is 32.2. The van der Waals surface area contributed by atoms with Gasteiger partial charge in [-0.25, -0.2) is 17.1 Å². The van der Waals surface area contributed by atoms with Crippen molar-refractivity contribution in [2.75, 3.05) is 19.3 Å². The topological polar surface area (TPSA) is 63.4 Å². The van der Waals surface area contributed by atoms with E-state index in [0.717, 1.165) is 25.7 Å². The summed E-state index contributed by atoms with van der Waals surface area (Å²) in [6.45, 7) is 2.09. The molecule has 0 aromatic heterocycles. The summed E-state index contributed by atoms with van der Waals surface area (Å²) in [4.78, 5) is -0.330. The first kappa shape index (κ1) is 16.2. The van der Waals surface area contributed by atoms with Crippen molar-refractivity contribution in [1.82, 2.24) is 4.31 Å². The number of aryl methyl sites for hydroxylation is 1. The molecule has 1 aromatic rings. The lowest BCUT2D eigenvalue weighted by molar-refractivity contribution is 0.299. The normalized spacial score (nSPS) is 17.3. The molecule has 1 aliphatic rings. The van der Waals surface area contributed by atoms with E-state index in [9.17, 15) is 12.8 Å². The number of nitrogens with zero attached hydrogens (tertiary/aromatic N) is 1. The third kappa shape index (κ3) is 3.55. The van der Waals surface area contributed by atoms with E-state index in [1.54, 1.807) is 6.92 Å². The van der Waals surface area contributed by atoms with Gasteiger partial charge in [-0.3, -0.25) is 0 Å². The number of rotatable bonds is 4. The second kappa shape index (κ2) is 6.32. The van der Waals surface area contributed by atoms with Gasteiger partial charge in [0.05, 0.1) is 0 Å². The van der Waals surface area contributed by atoms with Crippen LogP contribution >= 0.6 is 0 Å². The Kier molecular flexibility index (Phi) is 4.88. The molecule has 0 saturated heterocycles. The van der Waals surface area contributed by atoms with Gasteiger partial charge in [-0.2, -0.15) is 0 Å². The predicted molar refractivity (Wildman–Crippen MR) is 81.9 cm³/mol. The van der Waals surface area contributed by atoms with Crippen LogP contribution in [0.3, 0.4) is 0 Å². The molecule has 1 aromatic carbocycles. The van der Waals surface area contributed by atoms with Crippen LogP contribution in [0.25, 0.3) is 0 Å². The molecule has 118 valence electrons. The first-order valence-corrected chi connectivity index (χ1v) is 8.78. The molecule has 0 heterocycles. The van der Waals surface area contributed by atoms with E-state index in [-0.39, 0.29) is 4.90 Å². The average Bonchev–Trinajstić information content (AvgIpc) is 2.43. The van der Waals surface area contributed by atoms with Crippen LogP contribution in [0.2, 0.25) is 0 Å². The molecule has 0 amide bonds. The minimum atomic E-state index is -3.83. The van der Waals surface area contributed by atoms with E-state index in [2.05, 4.69) is 0 Å². The Bertz CT molecular complexity index is 610. The molecule has 0 spiro atoms. The molecule has 4 nitrogen and oxygen atoms in total. The molecule has 0 unspecified atom stereocenters. The number of anilines is 1. The van der Waals surface area contributed by atoms with Crippen LogP contribution in [0, 0.1) is 18.7 Å². The molecule has 21 heavy (non-hydrogen) atoms. The quantitative estimate of drug-likeness (QED) is 0.869. The molecule has 1 saturated carbocycles. The van der Waals surface area contributed by atoms with Crippen molar-refractivity contribution >= 4 is 15.7 Å². The van der Waals surface area contributed by atoms with Gasteiger partial charge >= 0.3 is 0 Å². The third-order valence-electron chi connectivity index (χ3n) is 4.25. The summed E-state index contributed by atoms with van der Waals surface area (Å²) in [7, 11) is -2.32. The molecule has 1 aliphatic carbocycles.